The van der Waals surface area contributed by atoms with Crippen LogP contribution in [0.1, 0.15) is 11.6 Å². The molecule has 0 aromatic heterocycles. The fourth-order valence-electron chi connectivity index (χ4n) is 1.61. The Bertz CT molecular complexity index is 363. The van der Waals surface area contributed by atoms with E-state index < -0.39 is 6.04 Å². The van der Waals surface area contributed by atoms with Gasteiger partial charge in [-0.1, -0.05) is 0 Å². The lowest BCUT2D eigenvalue weighted by molar-refractivity contribution is 0.164. The molecule has 1 aromatic carbocycles. The van der Waals surface area contributed by atoms with Crippen LogP contribution in [0.4, 0.5) is 0 Å². The van der Waals surface area contributed by atoms with Crippen molar-refractivity contribution in [3.8, 4) is 17.2 Å². The monoisotopic (exact) mass is 225 g/mol. The molecule has 1 aliphatic rings. The van der Waals surface area contributed by atoms with E-state index in [0.717, 1.165) is 5.56 Å². The molecular formula is C11H15NO4. The average molecular weight is 225 g/mol. The summed E-state index contributed by atoms with van der Waals surface area (Å²) in [5, 5.41) is 9.02. The lowest BCUT2D eigenvalue weighted by atomic mass is 10.1. The number of aliphatic hydroxyl groups is 1. The Labute approximate surface area is 93.7 Å². The second-order valence-electron chi connectivity index (χ2n) is 3.54. The van der Waals surface area contributed by atoms with Gasteiger partial charge in [-0.2, -0.15) is 0 Å². The third-order valence-electron chi connectivity index (χ3n) is 2.48. The van der Waals surface area contributed by atoms with Gasteiger partial charge in [-0.15, -0.1) is 0 Å². The van der Waals surface area contributed by atoms with E-state index >= 15 is 0 Å². The van der Waals surface area contributed by atoms with Crippen LogP contribution in [0.15, 0.2) is 12.1 Å². The normalized spacial score (nSPS) is 15.7. The molecular weight excluding hydrogens is 210 g/mol. The van der Waals surface area contributed by atoms with Crippen LogP contribution in [-0.4, -0.2) is 32.0 Å². The number of ether oxygens (including phenoxy) is 3. The average Bonchev–Trinajstić information content (AvgIpc) is 2.36. The first kappa shape index (κ1) is 11.0. The van der Waals surface area contributed by atoms with Crippen LogP contribution in [0.25, 0.3) is 0 Å². The molecule has 1 aliphatic heterocycles. The number of benzene rings is 1. The Morgan fingerprint density at radius 2 is 2.19 bits per heavy atom. The van der Waals surface area contributed by atoms with Crippen LogP contribution in [-0.2, 0) is 0 Å². The molecule has 2 rings (SSSR count). The molecule has 5 nitrogen and oxygen atoms in total. The van der Waals surface area contributed by atoms with E-state index in [2.05, 4.69) is 0 Å². The van der Waals surface area contributed by atoms with Crippen molar-refractivity contribution >= 4 is 0 Å². The summed E-state index contributed by atoms with van der Waals surface area (Å²) in [5.74, 6) is 1.79. The fraction of sp³-hybridized carbons (Fsp3) is 0.455. The molecule has 0 spiro atoms. The van der Waals surface area contributed by atoms with Gasteiger partial charge in [0.1, 0.15) is 13.2 Å². The summed E-state index contributed by atoms with van der Waals surface area (Å²) in [7, 11) is 1.56. The van der Waals surface area contributed by atoms with Crippen molar-refractivity contribution in [2.75, 3.05) is 26.9 Å². The lowest BCUT2D eigenvalue weighted by Crippen LogP contribution is -2.18. The number of hydrogen-bond donors (Lipinski definition) is 2. The molecule has 88 valence electrons. The van der Waals surface area contributed by atoms with Crippen LogP contribution in [0.2, 0.25) is 0 Å². The van der Waals surface area contributed by atoms with Crippen molar-refractivity contribution in [1.29, 1.82) is 0 Å². The highest BCUT2D eigenvalue weighted by Gasteiger charge is 2.20. The third kappa shape index (κ3) is 1.91. The smallest absolute Gasteiger partial charge is 0.203 e. The molecule has 5 heteroatoms. The van der Waals surface area contributed by atoms with Crippen LogP contribution < -0.4 is 19.9 Å². The summed E-state index contributed by atoms with van der Waals surface area (Å²) in [6.45, 7) is 0.894. The van der Waals surface area contributed by atoms with Crippen molar-refractivity contribution in [3.05, 3.63) is 17.7 Å². The summed E-state index contributed by atoms with van der Waals surface area (Å²) in [4.78, 5) is 0. The van der Waals surface area contributed by atoms with Gasteiger partial charge in [0, 0.05) is 0 Å². The fourth-order valence-corrected chi connectivity index (χ4v) is 1.61. The summed E-state index contributed by atoms with van der Waals surface area (Å²) in [5.41, 5.74) is 6.52. The number of rotatable bonds is 3. The highest BCUT2D eigenvalue weighted by atomic mass is 16.6. The van der Waals surface area contributed by atoms with E-state index in [0.29, 0.717) is 30.5 Å². The van der Waals surface area contributed by atoms with Crippen molar-refractivity contribution in [3.63, 3.8) is 0 Å². The maximum atomic E-state index is 9.02. The van der Waals surface area contributed by atoms with Gasteiger partial charge in [-0.3, -0.25) is 0 Å². The summed E-state index contributed by atoms with van der Waals surface area (Å²) in [6, 6.07) is 3.09. The van der Waals surface area contributed by atoms with Crippen LogP contribution in [0.5, 0.6) is 17.2 Å². The zero-order valence-corrected chi connectivity index (χ0v) is 9.10. The van der Waals surface area contributed by atoms with Gasteiger partial charge in [-0.25, -0.2) is 0 Å². The van der Waals surface area contributed by atoms with E-state index in [-0.39, 0.29) is 6.61 Å². The molecule has 1 atom stereocenters. The first-order valence-electron chi connectivity index (χ1n) is 5.10. The molecule has 1 unspecified atom stereocenters. The van der Waals surface area contributed by atoms with E-state index in [4.69, 9.17) is 25.1 Å². The standard InChI is InChI=1S/C11H15NO4/c1-14-9-4-7(8(12)6-13)5-10-11(9)16-3-2-15-10/h4-5,8,13H,2-3,6,12H2,1H3. The topological polar surface area (TPSA) is 73.9 Å². The van der Waals surface area contributed by atoms with E-state index in [1.807, 2.05) is 0 Å². The van der Waals surface area contributed by atoms with E-state index in [1.165, 1.54) is 0 Å². The molecule has 0 amide bonds. The van der Waals surface area contributed by atoms with Gasteiger partial charge in [0.25, 0.3) is 0 Å². The van der Waals surface area contributed by atoms with E-state index in [9.17, 15) is 0 Å². The first-order chi connectivity index (χ1) is 7.76. The van der Waals surface area contributed by atoms with Gasteiger partial charge < -0.3 is 25.1 Å². The number of nitrogens with two attached hydrogens (primary N) is 1. The quantitative estimate of drug-likeness (QED) is 0.781. The Morgan fingerprint density at radius 3 is 2.88 bits per heavy atom. The molecule has 1 aromatic rings. The maximum Gasteiger partial charge on any atom is 0.203 e. The Balaban J connectivity index is 2.43. The van der Waals surface area contributed by atoms with Gasteiger partial charge in [-0.05, 0) is 17.7 Å². The van der Waals surface area contributed by atoms with Crippen LogP contribution >= 0.6 is 0 Å². The second-order valence-corrected chi connectivity index (χ2v) is 3.54. The number of aliphatic hydroxyl groups excluding tert-OH is 1. The predicted octanol–water partition coefficient (Wildman–Crippen LogP) is 0.458. The van der Waals surface area contributed by atoms with Gasteiger partial charge in [0.15, 0.2) is 11.5 Å². The van der Waals surface area contributed by atoms with Crippen molar-refractivity contribution < 1.29 is 19.3 Å². The molecule has 16 heavy (non-hydrogen) atoms. The third-order valence-corrected chi connectivity index (χ3v) is 2.48. The first-order valence-corrected chi connectivity index (χ1v) is 5.10. The highest BCUT2D eigenvalue weighted by Crippen LogP contribution is 2.41. The molecule has 0 saturated heterocycles. The second kappa shape index (κ2) is 4.59. The zero-order chi connectivity index (χ0) is 11.5. The lowest BCUT2D eigenvalue weighted by Gasteiger charge is -2.22. The minimum atomic E-state index is -0.440. The molecule has 0 saturated carbocycles. The minimum Gasteiger partial charge on any atom is -0.493 e. The predicted molar refractivity (Wildman–Crippen MR) is 58.0 cm³/mol. The molecule has 0 fully saturated rings. The minimum absolute atomic E-state index is 0.122. The zero-order valence-electron chi connectivity index (χ0n) is 9.10. The van der Waals surface area contributed by atoms with Crippen LogP contribution in [0, 0.1) is 0 Å². The van der Waals surface area contributed by atoms with Gasteiger partial charge in [0.2, 0.25) is 5.75 Å². The Kier molecular flexibility index (Phi) is 3.17. The number of methoxy groups -OCH3 is 1. The van der Waals surface area contributed by atoms with Gasteiger partial charge in [0.05, 0.1) is 19.8 Å². The summed E-state index contributed by atoms with van der Waals surface area (Å²) < 4.78 is 16.1. The number of hydrogen-bond acceptors (Lipinski definition) is 5. The molecule has 1 heterocycles. The SMILES string of the molecule is COc1cc(C(N)CO)cc2c1OCCO2. The summed E-state index contributed by atoms with van der Waals surface area (Å²) in [6.07, 6.45) is 0. The maximum absolute atomic E-state index is 9.02. The highest BCUT2D eigenvalue weighted by molar-refractivity contribution is 5.55. The largest absolute Gasteiger partial charge is 0.493 e. The Morgan fingerprint density at radius 1 is 1.44 bits per heavy atom. The number of fused-ring (bicyclic) bond motifs is 1. The van der Waals surface area contributed by atoms with Crippen LogP contribution in [0.3, 0.4) is 0 Å². The molecule has 0 aliphatic carbocycles. The van der Waals surface area contributed by atoms with Gasteiger partial charge >= 0.3 is 0 Å². The molecule has 3 N–H and O–H groups in total. The van der Waals surface area contributed by atoms with Crippen molar-refractivity contribution in [2.24, 2.45) is 5.73 Å². The molecule has 0 radical (unpaired) electrons. The van der Waals surface area contributed by atoms with E-state index in [1.54, 1.807) is 19.2 Å². The van der Waals surface area contributed by atoms with Crippen molar-refractivity contribution in [2.45, 2.75) is 6.04 Å². The van der Waals surface area contributed by atoms with Crippen molar-refractivity contribution in [1.82, 2.24) is 0 Å². The molecule has 0 bridgehead atoms. The Hall–Kier alpha value is -1.46. The summed E-state index contributed by atoms with van der Waals surface area (Å²) >= 11 is 0.